The Kier molecular flexibility index (Phi) is 6.39. The minimum Gasteiger partial charge on any atom is -0.456 e. The maximum Gasteiger partial charge on any atom is 0.137 e. The second-order valence-electron chi connectivity index (χ2n) is 12.5. The topological polar surface area (TPSA) is 16.4 Å². The predicted molar refractivity (Wildman–Crippen MR) is 210 cm³/mol. The third-order valence-corrected chi connectivity index (χ3v) is 10.8. The number of fused-ring (bicyclic) bond motifs is 7. The minimum absolute atomic E-state index is 0.876. The van der Waals surface area contributed by atoms with E-state index in [0.717, 1.165) is 39.0 Å². The van der Waals surface area contributed by atoms with Gasteiger partial charge in [0.05, 0.1) is 5.69 Å². The number of nitrogens with zero attached hydrogens (tertiary/aromatic N) is 1. The van der Waals surface area contributed by atoms with Gasteiger partial charge in [-0.05, 0) is 82.1 Å². The van der Waals surface area contributed by atoms with Crippen LogP contribution in [0.25, 0.3) is 75.1 Å². The molecular weight excluding hydrogens is 615 g/mol. The van der Waals surface area contributed by atoms with Crippen LogP contribution < -0.4 is 4.90 Å². The van der Waals surface area contributed by atoms with Crippen LogP contribution in [0.5, 0.6) is 0 Å². The molecule has 2 nitrogen and oxygen atoms in total. The Morgan fingerprint density at radius 1 is 0.388 bits per heavy atom. The molecule has 230 valence electrons. The largest absolute Gasteiger partial charge is 0.456 e. The summed E-state index contributed by atoms with van der Waals surface area (Å²) in [4.78, 5) is 2.36. The maximum absolute atomic E-state index is 6.39. The van der Waals surface area contributed by atoms with Gasteiger partial charge in [-0.2, -0.15) is 0 Å². The molecule has 2 aromatic heterocycles. The molecule has 0 aliphatic carbocycles. The predicted octanol–water partition coefficient (Wildman–Crippen LogP) is 13.9. The number of benzene rings is 8. The van der Waals surface area contributed by atoms with Crippen LogP contribution in [0.1, 0.15) is 0 Å². The van der Waals surface area contributed by atoms with Crippen molar-refractivity contribution in [3.63, 3.8) is 0 Å². The molecule has 0 atom stereocenters. The van der Waals surface area contributed by atoms with Gasteiger partial charge in [-0.15, -0.1) is 11.3 Å². The van der Waals surface area contributed by atoms with Crippen molar-refractivity contribution in [2.75, 3.05) is 4.90 Å². The van der Waals surface area contributed by atoms with E-state index < -0.39 is 0 Å². The smallest absolute Gasteiger partial charge is 0.137 e. The lowest BCUT2D eigenvalue weighted by Gasteiger charge is -2.28. The van der Waals surface area contributed by atoms with E-state index in [1.165, 1.54) is 53.2 Å². The first-order valence-corrected chi connectivity index (χ1v) is 17.4. The van der Waals surface area contributed by atoms with Gasteiger partial charge in [-0.3, -0.25) is 0 Å². The fraction of sp³-hybridized carbons (Fsp3) is 0. The molecule has 0 amide bonds. The second kappa shape index (κ2) is 11.2. The summed E-state index contributed by atoms with van der Waals surface area (Å²) >= 11 is 1.85. The Morgan fingerprint density at radius 3 is 1.96 bits per heavy atom. The fourth-order valence-electron chi connectivity index (χ4n) is 7.26. The SMILES string of the molecule is c1ccc(N(c2ccc(-c3ccc4ccccc4c3)cc2)c2ccc3c(c2)oc2ccccc23)c(-c2ccc3c(c2)sc2ccccc23)c1. The molecule has 0 bridgehead atoms. The fourth-order valence-corrected chi connectivity index (χ4v) is 8.40. The number of furan rings is 1. The quantitative estimate of drug-likeness (QED) is 0.186. The molecule has 2 heterocycles. The summed E-state index contributed by atoms with van der Waals surface area (Å²) in [7, 11) is 0. The zero-order valence-corrected chi connectivity index (χ0v) is 27.3. The maximum atomic E-state index is 6.39. The third kappa shape index (κ3) is 4.70. The first-order chi connectivity index (χ1) is 24.3. The van der Waals surface area contributed by atoms with Crippen molar-refractivity contribution in [3.8, 4) is 22.3 Å². The summed E-state index contributed by atoms with van der Waals surface area (Å²) < 4.78 is 9.00. The molecule has 0 N–H and O–H groups in total. The molecule has 3 heteroatoms. The zero-order valence-electron chi connectivity index (χ0n) is 26.5. The molecule has 10 aromatic rings. The van der Waals surface area contributed by atoms with E-state index in [4.69, 9.17) is 4.42 Å². The van der Waals surface area contributed by atoms with Crippen molar-refractivity contribution < 1.29 is 4.42 Å². The van der Waals surface area contributed by atoms with Gasteiger partial charge in [-0.1, -0.05) is 115 Å². The van der Waals surface area contributed by atoms with Gasteiger partial charge in [0.25, 0.3) is 0 Å². The number of hydrogen-bond acceptors (Lipinski definition) is 3. The molecule has 10 rings (SSSR count). The van der Waals surface area contributed by atoms with Crippen molar-refractivity contribution >= 4 is 81.3 Å². The molecule has 0 aliphatic heterocycles. The molecule has 0 saturated carbocycles. The number of rotatable bonds is 5. The molecule has 0 aliphatic rings. The normalized spacial score (nSPS) is 11.7. The van der Waals surface area contributed by atoms with E-state index in [-0.39, 0.29) is 0 Å². The Labute approximate surface area is 287 Å². The van der Waals surface area contributed by atoms with Crippen LogP contribution in [0, 0.1) is 0 Å². The average molecular weight is 644 g/mol. The van der Waals surface area contributed by atoms with E-state index in [9.17, 15) is 0 Å². The van der Waals surface area contributed by atoms with Crippen LogP contribution in [0.3, 0.4) is 0 Å². The van der Waals surface area contributed by atoms with Gasteiger partial charge in [0.15, 0.2) is 0 Å². The van der Waals surface area contributed by atoms with Crippen LogP contribution in [-0.4, -0.2) is 0 Å². The summed E-state index contributed by atoms with van der Waals surface area (Å²) in [5, 5.41) is 7.37. The van der Waals surface area contributed by atoms with Gasteiger partial charge in [0, 0.05) is 53.9 Å². The number of thiophene rings is 1. The van der Waals surface area contributed by atoms with Crippen LogP contribution in [0.15, 0.2) is 180 Å². The number of anilines is 3. The Hall–Kier alpha value is -6.16. The molecule has 0 unspecified atom stereocenters. The van der Waals surface area contributed by atoms with Crippen molar-refractivity contribution in [2.24, 2.45) is 0 Å². The summed E-state index contributed by atoms with van der Waals surface area (Å²) in [5.41, 5.74) is 9.76. The Bertz CT molecular complexity index is 2840. The zero-order chi connectivity index (χ0) is 32.3. The van der Waals surface area contributed by atoms with Gasteiger partial charge >= 0.3 is 0 Å². The lowest BCUT2D eigenvalue weighted by Crippen LogP contribution is -2.11. The highest BCUT2D eigenvalue weighted by molar-refractivity contribution is 7.25. The monoisotopic (exact) mass is 643 g/mol. The van der Waals surface area contributed by atoms with Gasteiger partial charge in [0.2, 0.25) is 0 Å². The van der Waals surface area contributed by atoms with Crippen molar-refractivity contribution in [3.05, 3.63) is 176 Å². The standard InChI is InChI=1S/C46H29NOS/c1-2-10-32-27-33(18-17-30(32)9-1)31-19-22-35(23-20-31)47(36-24-26-39-38-12-4-7-15-43(38)48-44(39)29-36)42-14-6-3-11-37(42)34-21-25-41-40-13-5-8-16-45(40)49-46(41)28-34/h1-29H. The first kappa shape index (κ1) is 27.9. The molecule has 49 heavy (non-hydrogen) atoms. The Balaban J connectivity index is 1.14. The second-order valence-corrected chi connectivity index (χ2v) is 13.6. The van der Waals surface area contributed by atoms with Crippen LogP contribution in [0.4, 0.5) is 17.1 Å². The lowest BCUT2D eigenvalue weighted by molar-refractivity contribution is 0.669. The van der Waals surface area contributed by atoms with Crippen molar-refractivity contribution in [1.29, 1.82) is 0 Å². The summed E-state index contributed by atoms with van der Waals surface area (Å²) in [5.74, 6) is 0. The lowest BCUT2D eigenvalue weighted by atomic mass is 9.99. The van der Waals surface area contributed by atoms with Gasteiger partial charge in [0.1, 0.15) is 11.2 Å². The van der Waals surface area contributed by atoms with Crippen LogP contribution >= 0.6 is 11.3 Å². The van der Waals surface area contributed by atoms with E-state index in [2.05, 4.69) is 169 Å². The number of hydrogen-bond donors (Lipinski definition) is 0. The average Bonchev–Trinajstić information content (AvgIpc) is 3.73. The van der Waals surface area contributed by atoms with Crippen LogP contribution in [-0.2, 0) is 0 Å². The molecule has 0 fully saturated rings. The first-order valence-electron chi connectivity index (χ1n) is 16.6. The molecular formula is C46H29NOS. The summed E-state index contributed by atoms with van der Waals surface area (Å²) in [6.45, 7) is 0. The molecule has 0 saturated heterocycles. The van der Waals surface area contributed by atoms with Crippen molar-refractivity contribution in [2.45, 2.75) is 0 Å². The minimum atomic E-state index is 0.876. The van der Waals surface area contributed by atoms with Gasteiger partial charge in [-0.25, -0.2) is 0 Å². The van der Waals surface area contributed by atoms with E-state index >= 15 is 0 Å². The molecule has 0 radical (unpaired) electrons. The highest BCUT2D eigenvalue weighted by Crippen LogP contribution is 2.44. The molecule has 8 aromatic carbocycles. The van der Waals surface area contributed by atoms with E-state index in [0.29, 0.717) is 0 Å². The highest BCUT2D eigenvalue weighted by Gasteiger charge is 2.19. The summed E-state index contributed by atoms with van der Waals surface area (Å²) in [6, 6.07) is 63.3. The number of para-hydroxylation sites is 2. The van der Waals surface area contributed by atoms with Crippen LogP contribution in [0.2, 0.25) is 0 Å². The van der Waals surface area contributed by atoms with E-state index in [1.54, 1.807) is 0 Å². The third-order valence-electron chi connectivity index (χ3n) is 9.66. The Morgan fingerprint density at radius 2 is 1.04 bits per heavy atom. The molecule has 0 spiro atoms. The van der Waals surface area contributed by atoms with Gasteiger partial charge < -0.3 is 9.32 Å². The van der Waals surface area contributed by atoms with E-state index in [1.807, 2.05) is 23.5 Å². The highest BCUT2D eigenvalue weighted by atomic mass is 32.1. The summed E-state index contributed by atoms with van der Waals surface area (Å²) in [6.07, 6.45) is 0. The van der Waals surface area contributed by atoms with Crippen molar-refractivity contribution in [1.82, 2.24) is 0 Å².